The van der Waals surface area contributed by atoms with Crippen LogP contribution in [0.4, 0.5) is 5.82 Å². The molecule has 0 bridgehead atoms. The molecule has 0 radical (unpaired) electrons. The van der Waals surface area contributed by atoms with Crippen LogP contribution in [-0.2, 0) is 14.2 Å². The molecular weight excluding hydrogens is 392 g/mol. The van der Waals surface area contributed by atoms with Crippen LogP contribution in [0.2, 0.25) is 0 Å². The van der Waals surface area contributed by atoms with Gasteiger partial charge in [0.1, 0.15) is 11.9 Å². The molecule has 0 atom stereocenters. The van der Waals surface area contributed by atoms with Gasteiger partial charge in [-0.2, -0.15) is 0 Å². The Balaban J connectivity index is 1.71. The van der Waals surface area contributed by atoms with E-state index in [2.05, 4.69) is 42.4 Å². The van der Waals surface area contributed by atoms with E-state index in [-0.39, 0.29) is 29.2 Å². The quantitative estimate of drug-likeness (QED) is 0.303. The van der Waals surface area contributed by atoms with E-state index in [1.54, 1.807) is 12.1 Å². The molecule has 1 aromatic heterocycles. The van der Waals surface area contributed by atoms with Gasteiger partial charge in [-0.25, -0.2) is 0 Å². The molecular formula is C25H36N2O4. The molecule has 1 fully saturated rings. The zero-order chi connectivity index (χ0) is 22.9. The van der Waals surface area contributed by atoms with Crippen molar-refractivity contribution in [2.24, 2.45) is 0 Å². The number of pyridine rings is 1. The van der Waals surface area contributed by atoms with Crippen molar-refractivity contribution in [3.05, 3.63) is 29.2 Å². The van der Waals surface area contributed by atoms with E-state index in [4.69, 9.17) is 25.5 Å². The topological polar surface area (TPSA) is 54.2 Å². The van der Waals surface area contributed by atoms with Gasteiger partial charge in [0, 0.05) is 32.5 Å². The van der Waals surface area contributed by atoms with E-state index in [1.807, 2.05) is 20.8 Å². The molecule has 6 heteroatoms. The summed E-state index contributed by atoms with van der Waals surface area (Å²) in [5.41, 5.74) is 0.314. The second-order valence-corrected chi connectivity index (χ2v) is 9.67. The van der Waals surface area contributed by atoms with Crippen LogP contribution in [0.25, 0.3) is 4.85 Å². The fraction of sp³-hybridized carbons (Fsp3) is 0.680. The molecule has 1 aromatic rings. The van der Waals surface area contributed by atoms with E-state index in [1.165, 1.54) is 0 Å². The first-order chi connectivity index (χ1) is 14.6. The molecule has 1 saturated carbocycles. The predicted octanol–water partition coefficient (Wildman–Crippen LogP) is 5.32. The molecule has 1 aliphatic rings. The Morgan fingerprint density at radius 3 is 2.42 bits per heavy atom. The van der Waals surface area contributed by atoms with Gasteiger partial charge in [0.25, 0.3) is 0 Å². The fourth-order valence-electron chi connectivity index (χ4n) is 2.98. The minimum Gasteiger partial charge on any atom is -0.499 e. The summed E-state index contributed by atoms with van der Waals surface area (Å²) in [6, 6.07) is 3.58. The number of hydrogen-bond acceptors (Lipinski definition) is 5. The number of rotatable bonds is 9. The lowest BCUT2D eigenvalue weighted by molar-refractivity contribution is -0.126. The zero-order valence-corrected chi connectivity index (χ0v) is 19.8. The second kappa shape index (κ2) is 11.5. The summed E-state index contributed by atoms with van der Waals surface area (Å²) in [5.74, 6) is 6.81. The highest BCUT2D eigenvalue weighted by Crippen LogP contribution is 2.34. The number of aromatic nitrogens is 1. The molecule has 0 saturated heterocycles. The van der Waals surface area contributed by atoms with Gasteiger partial charge >= 0.3 is 5.82 Å². The van der Waals surface area contributed by atoms with Crippen LogP contribution in [0.5, 0.6) is 5.75 Å². The van der Waals surface area contributed by atoms with Crippen LogP contribution in [0, 0.1) is 18.4 Å². The minimum absolute atomic E-state index is 0.0672. The maximum Gasteiger partial charge on any atom is 0.313 e. The summed E-state index contributed by atoms with van der Waals surface area (Å²) in [6.07, 6.45) is 3.43. The Morgan fingerprint density at radius 2 is 1.77 bits per heavy atom. The van der Waals surface area contributed by atoms with Gasteiger partial charge in [-0.3, -0.25) is 0 Å². The van der Waals surface area contributed by atoms with Crippen molar-refractivity contribution < 1.29 is 18.9 Å². The highest BCUT2D eigenvalue weighted by molar-refractivity contribution is 5.53. The average molecular weight is 429 g/mol. The van der Waals surface area contributed by atoms with Gasteiger partial charge in [-0.15, -0.1) is 4.98 Å². The minimum atomic E-state index is -0.148. The highest BCUT2D eigenvalue weighted by atomic mass is 16.5. The zero-order valence-electron chi connectivity index (χ0n) is 19.8. The second-order valence-electron chi connectivity index (χ2n) is 9.67. The summed E-state index contributed by atoms with van der Waals surface area (Å²) in [5, 5.41) is 0. The predicted molar refractivity (Wildman–Crippen MR) is 121 cm³/mol. The summed E-state index contributed by atoms with van der Waals surface area (Å²) >= 11 is 0. The lowest BCUT2D eigenvalue weighted by Gasteiger charge is -2.39. The van der Waals surface area contributed by atoms with Gasteiger partial charge in [0.05, 0.1) is 23.9 Å². The monoisotopic (exact) mass is 428 g/mol. The van der Waals surface area contributed by atoms with E-state index >= 15 is 0 Å². The molecule has 31 heavy (non-hydrogen) atoms. The van der Waals surface area contributed by atoms with E-state index in [0.29, 0.717) is 37.7 Å². The fourth-order valence-corrected chi connectivity index (χ4v) is 2.98. The van der Waals surface area contributed by atoms with Gasteiger partial charge in [-0.1, -0.05) is 12.5 Å². The summed E-state index contributed by atoms with van der Waals surface area (Å²) < 4.78 is 23.1. The first kappa shape index (κ1) is 25.1. The highest BCUT2D eigenvalue weighted by Gasteiger charge is 2.34. The van der Waals surface area contributed by atoms with Crippen LogP contribution in [0.1, 0.15) is 72.9 Å². The normalized spacial score (nSPS) is 18.5. The van der Waals surface area contributed by atoms with Crippen molar-refractivity contribution in [3.63, 3.8) is 0 Å². The molecule has 1 aliphatic carbocycles. The first-order valence-corrected chi connectivity index (χ1v) is 11.0. The third-order valence-corrected chi connectivity index (χ3v) is 4.37. The summed E-state index contributed by atoms with van der Waals surface area (Å²) in [7, 11) is 0. The van der Waals surface area contributed by atoms with Crippen molar-refractivity contribution in [2.45, 2.75) is 90.6 Å². The standard InChI is InChI=1S/C25H36N2O4/c1-24(2,3)29-16-10-15-28-14-9-8-11-19-12-13-22(23(26-7)27-19)30-20-17-21(18-20)31-25(4,5)6/h12-13,20-21H,9-10,14-18H2,1-6H3. The molecule has 0 aliphatic heterocycles. The Kier molecular flexibility index (Phi) is 9.32. The molecule has 0 aromatic carbocycles. The summed E-state index contributed by atoms with van der Waals surface area (Å²) in [4.78, 5) is 7.82. The SMILES string of the molecule is [C-]#[N+]c1nc(C#CCCOCCCOC(C)(C)C)ccc1OC1CC(OC(C)(C)C)C1. The molecule has 0 N–H and O–H groups in total. The molecule has 6 nitrogen and oxygen atoms in total. The van der Waals surface area contributed by atoms with Crippen LogP contribution in [0.15, 0.2) is 12.1 Å². The Hall–Kier alpha value is -2.12. The molecule has 170 valence electrons. The molecule has 0 unspecified atom stereocenters. The van der Waals surface area contributed by atoms with Gasteiger partial charge < -0.3 is 23.8 Å². The van der Waals surface area contributed by atoms with Crippen molar-refractivity contribution in [2.75, 3.05) is 19.8 Å². The molecule has 0 amide bonds. The number of ether oxygens (including phenoxy) is 4. The van der Waals surface area contributed by atoms with Crippen molar-refractivity contribution in [1.29, 1.82) is 0 Å². The van der Waals surface area contributed by atoms with E-state index in [9.17, 15) is 0 Å². The maximum absolute atomic E-state index is 7.40. The Labute approximate surface area is 187 Å². The van der Waals surface area contributed by atoms with E-state index < -0.39 is 0 Å². The van der Waals surface area contributed by atoms with Crippen molar-refractivity contribution in [3.8, 4) is 17.6 Å². The third kappa shape index (κ3) is 10.2. The van der Waals surface area contributed by atoms with Crippen LogP contribution < -0.4 is 4.74 Å². The molecule has 2 rings (SSSR count). The third-order valence-electron chi connectivity index (χ3n) is 4.37. The first-order valence-electron chi connectivity index (χ1n) is 11.0. The number of nitrogens with zero attached hydrogens (tertiary/aromatic N) is 2. The van der Waals surface area contributed by atoms with Crippen molar-refractivity contribution in [1.82, 2.24) is 4.98 Å². The van der Waals surface area contributed by atoms with E-state index in [0.717, 1.165) is 19.3 Å². The van der Waals surface area contributed by atoms with Crippen molar-refractivity contribution >= 4 is 5.82 Å². The van der Waals surface area contributed by atoms with Crippen LogP contribution in [0.3, 0.4) is 0 Å². The van der Waals surface area contributed by atoms with Gasteiger partial charge in [0.15, 0.2) is 0 Å². The van der Waals surface area contributed by atoms with Crippen LogP contribution in [-0.4, -0.2) is 48.2 Å². The van der Waals surface area contributed by atoms with Crippen LogP contribution >= 0.6 is 0 Å². The smallest absolute Gasteiger partial charge is 0.313 e. The Bertz CT molecular complexity index is 800. The largest absolute Gasteiger partial charge is 0.499 e. The summed E-state index contributed by atoms with van der Waals surface area (Å²) in [6.45, 7) is 21.6. The molecule has 0 spiro atoms. The Morgan fingerprint density at radius 1 is 1.03 bits per heavy atom. The van der Waals surface area contributed by atoms with Gasteiger partial charge in [-0.05, 0) is 66.0 Å². The van der Waals surface area contributed by atoms with Gasteiger partial charge in [0.2, 0.25) is 5.69 Å². The molecule has 1 heterocycles. The maximum atomic E-state index is 7.40. The lowest BCUT2D eigenvalue weighted by Crippen LogP contribution is -2.43. The number of hydrogen-bond donors (Lipinski definition) is 0. The average Bonchev–Trinajstić information content (AvgIpc) is 2.63. The lowest BCUT2D eigenvalue weighted by atomic mass is 9.91.